The Kier molecular flexibility index (Phi) is 5.17. The molecule has 1 aliphatic heterocycles. The topological polar surface area (TPSA) is 73.7 Å². The lowest BCUT2D eigenvalue weighted by Gasteiger charge is -2.35. The van der Waals surface area contributed by atoms with E-state index in [4.69, 9.17) is 5.11 Å². The lowest BCUT2D eigenvalue weighted by Crippen LogP contribution is -2.38. The first-order valence-corrected chi connectivity index (χ1v) is 7.59. The van der Waals surface area contributed by atoms with E-state index in [9.17, 15) is 9.90 Å². The Morgan fingerprint density at radius 1 is 1.43 bits per heavy atom. The molecule has 21 heavy (non-hydrogen) atoms. The van der Waals surface area contributed by atoms with Gasteiger partial charge < -0.3 is 15.1 Å². The van der Waals surface area contributed by atoms with Crippen LogP contribution in [-0.4, -0.2) is 40.4 Å². The molecule has 116 valence electrons. The van der Waals surface area contributed by atoms with Crippen LogP contribution in [0.2, 0.25) is 0 Å². The van der Waals surface area contributed by atoms with Crippen molar-refractivity contribution in [3.8, 4) is 0 Å². The second-order valence-corrected chi connectivity index (χ2v) is 6.23. The molecule has 0 amide bonds. The number of aromatic carboxylic acids is 1. The first-order valence-electron chi connectivity index (χ1n) is 7.59. The monoisotopic (exact) mass is 292 g/mol. The second-order valence-electron chi connectivity index (χ2n) is 6.23. The van der Waals surface area contributed by atoms with Crippen LogP contribution in [-0.2, 0) is 0 Å². The van der Waals surface area contributed by atoms with E-state index in [1.54, 1.807) is 12.3 Å². The third kappa shape index (κ3) is 4.17. The number of anilines is 1. The summed E-state index contributed by atoms with van der Waals surface area (Å²) in [6, 6.07) is 3.12. The van der Waals surface area contributed by atoms with E-state index in [0.29, 0.717) is 17.7 Å². The summed E-state index contributed by atoms with van der Waals surface area (Å²) in [5.74, 6) is 0.630. The van der Waals surface area contributed by atoms with Crippen LogP contribution in [0, 0.1) is 11.8 Å². The largest absolute Gasteiger partial charge is 0.478 e. The van der Waals surface area contributed by atoms with Gasteiger partial charge in [-0.05, 0) is 43.2 Å². The average Bonchev–Trinajstić information content (AvgIpc) is 2.47. The van der Waals surface area contributed by atoms with Gasteiger partial charge in [-0.15, -0.1) is 0 Å². The molecule has 0 aliphatic carbocycles. The molecule has 0 spiro atoms. The Bertz CT molecular complexity index is 482. The summed E-state index contributed by atoms with van der Waals surface area (Å²) in [4.78, 5) is 17.4. The fraction of sp³-hybridized carbons (Fsp3) is 0.625. The first kappa shape index (κ1) is 15.8. The Labute approximate surface area is 125 Å². The van der Waals surface area contributed by atoms with E-state index in [1.807, 2.05) is 0 Å². The maximum absolute atomic E-state index is 11.0. The van der Waals surface area contributed by atoms with Crippen molar-refractivity contribution < 1.29 is 15.0 Å². The quantitative estimate of drug-likeness (QED) is 0.871. The van der Waals surface area contributed by atoms with Crippen molar-refractivity contribution in [3.05, 3.63) is 23.9 Å². The number of carboxylic acid groups (broad SMARTS) is 1. The molecule has 1 aliphatic rings. The van der Waals surface area contributed by atoms with Gasteiger partial charge in [0.15, 0.2) is 0 Å². The minimum absolute atomic E-state index is 0.231. The Morgan fingerprint density at radius 2 is 2.10 bits per heavy atom. The van der Waals surface area contributed by atoms with Gasteiger partial charge in [-0.3, -0.25) is 0 Å². The van der Waals surface area contributed by atoms with E-state index < -0.39 is 5.97 Å². The van der Waals surface area contributed by atoms with Crippen LogP contribution in [0.25, 0.3) is 0 Å². The van der Waals surface area contributed by atoms with Crippen molar-refractivity contribution in [2.45, 2.75) is 39.2 Å². The van der Waals surface area contributed by atoms with Crippen LogP contribution >= 0.6 is 0 Å². The number of rotatable bonds is 5. The smallest absolute Gasteiger partial charge is 0.335 e. The van der Waals surface area contributed by atoms with E-state index >= 15 is 0 Å². The highest BCUT2D eigenvalue weighted by atomic mass is 16.4. The number of aliphatic hydroxyl groups is 1. The highest BCUT2D eigenvalue weighted by molar-refractivity contribution is 5.88. The predicted molar refractivity (Wildman–Crippen MR) is 81.6 cm³/mol. The van der Waals surface area contributed by atoms with Crippen LogP contribution in [0.4, 0.5) is 5.82 Å². The fourth-order valence-corrected chi connectivity index (χ4v) is 2.91. The van der Waals surface area contributed by atoms with Gasteiger partial charge in [-0.1, -0.05) is 13.8 Å². The third-order valence-electron chi connectivity index (χ3n) is 4.11. The van der Waals surface area contributed by atoms with Gasteiger partial charge in [-0.25, -0.2) is 9.78 Å². The number of carboxylic acids is 1. The molecule has 1 saturated heterocycles. The highest BCUT2D eigenvalue weighted by Gasteiger charge is 2.26. The Hall–Kier alpha value is -1.62. The molecule has 0 aromatic carbocycles. The summed E-state index contributed by atoms with van der Waals surface area (Å²) in [7, 11) is 0. The zero-order chi connectivity index (χ0) is 15.4. The van der Waals surface area contributed by atoms with E-state index in [0.717, 1.165) is 32.4 Å². The molecule has 5 nitrogen and oxygen atoms in total. The van der Waals surface area contributed by atoms with Gasteiger partial charge >= 0.3 is 5.97 Å². The molecule has 1 unspecified atom stereocenters. The van der Waals surface area contributed by atoms with Crippen molar-refractivity contribution in [3.63, 3.8) is 0 Å². The van der Waals surface area contributed by atoms with Crippen molar-refractivity contribution in [2.75, 3.05) is 18.0 Å². The van der Waals surface area contributed by atoms with Crippen molar-refractivity contribution >= 4 is 11.8 Å². The number of hydrogen-bond acceptors (Lipinski definition) is 4. The predicted octanol–water partition coefficient (Wildman–Crippen LogP) is 2.40. The van der Waals surface area contributed by atoms with Crippen LogP contribution in [0.5, 0.6) is 0 Å². The maximum atomic E-state index is 11.0. The van der Waals surface area contributed by atoms with E-state index in [1.165, 1.54) is 6.07 Å². The highest BCUT2D eigenvalue weighted by Crippen LogP contribution is 2.27. The minimum atomic E-state index is -0.930. The lowest BCUT2D eigenvalue weighted by atomic mass is 9.87. The molecule has 1 fully saturated rings. The van der Waals surface area contributed by atoms with E-state index in [2.05, 4.69) is 23.7 Å². The lowest BCUT2D eigenvalue weighted by molar-refractivity contribution is 0.0696. The molecule has 2 N–H and O–H groups in total. The number of piperidine rings is 1. The summed E-state index contributed by atoms with van der Waals surface area (Å²) >= 11 is 0. The molecule has 2 heterocycles. The van der Waals surface area contributed by atoms with Crippen LogP contribution < -0.4 is 4.90 Å². The number of aliphatic hydroxyl groups excluding tert-OH is 1. The SMILES string of the molecule is CC(C)CC(O)C1CCN(c2cc(C(=O)O)ccn2)CC1. The van der Waals surface area contributed by atoms with Gasteiger partial charge in [-0.2, -0.15) is 0 Å². The van der Waals surface area contributed by atoms with Gasteiger partial charge in [0.2, 0.25) is 0 Å². The van der Waals surface area contributed by atoms with Crippen molar-refractivity contribution in [1.82, 2.24) is 4.98 Å². The fourth-order valence-electron chi connectivity index (χ4n) is 2.91. The third-order valence-corrected chi connectivity index (χ3v) is 4.11. The zero-order valence-corrected chi connectivity index (χ0v) is 12.7. The Morgan fingerprint density at radius 3 is 2.67 bits per heavy atom. The summed E-state index contributed by atoms with van der Waals surface area (Å²) in [6.45, 7) is 5.88. The molecular formula is C16H24N2O3. The molecule has 5 heteroatoms. The molecule has 1 aromatic heterocycles. The van der Waals surface area contributed by atoms with Crippen molar-refractivity contribution in [2.24, 2.45) is 11.8 Å². The van der Waals surface area contributed by atoms with Gasteiger partial charge in [0.25, 0.3) is 0 Å². The molecule has 1 aromatic rings. The molecule has 0 bridgehead atoms. The van der Waals surface area contributed by atoms with E-state index in [-0.39, 0.29) is 11.7 Å². The second kappa shape index (κ2) is 6.89. The number of pyridine rings is 1. The molecule has 0 radical (unpaired) electrons. The van der Waals surface area contributed by atoms with Gasteiger partial charge in [0.05, 0.1) is 11.7 Å². The average molecular weight is 292 g/mol. The minimum Gasteiger partial charge on any atom is -0.478 e. The van der Waals surface area contributed by atoms with Gasteiger partial charge in [0, 0.05) is 19.3 Å². The molecule has 2 rings (SSSR count). The van der Waals surface area contributed by atoms with Crippen LogP contribution in [0.1, 0.15) is 43.5 Å². The number of aromatic nitrogens is 1. The number of carbonyl (C=O) groups is 1. The Balaban J connectivity index is 1.94. The molecular weight excluding hydrogens is 268 g/mol. The van der Waals surface area contributed by atoms with Gasteiger partial charge in [0.1, 0.15) is 5.82 Å². The molecule has 0 saturated carbocycles. The normalized spacial score (nSPS) is 18.0. The summed E-state index contributed by atoms with van der Waals surface area (Å²) in [5, 5.41) is 19.2. The number of hydrogen-bond donors (Lipinski definition) is 2. The standard InChI is InChI=1S/C16H24N2O3/c1-11(2)9-14(19)12-4-7-18(8-5-12)15-10-13(16(20)21)3-6-17-15/h3,6,10-12,14,19H,4-5,7-9H2,1-2H3,(H,20,21). The number of nitrogens with zero attached hydrogens (tertiary/aromatic N) is 2. The molecule has 1 atom stereocenters. The first-order chi connectivity index (χ1) is 9.97. The maximum Gasteiger partial charge on any atom is 0.335 e. The summed E-state index contributed by atoms with van der Waals surface area (Å²) < 4.78 is 0. The zero-order valence-electron chi connectivity index (χ0n) is 12.7. The summed E-state index contributed by atoms with van der Waals surface area (Å²) in [5.41, 5.74) is 0.266. The van der Waals surface area contributed by atoms with Crippen molar-refractivity contribution in [1.29, 1.82) is 0 Å². The summed E-state index contributed by atoms with van der Waals surface area (Å²) in [6.07, 6.45) is 4.00. The van der Waals surface area contributed by atoms with Crippen LogP contribution in [0.15, 0.2) is 18.3 Å². The van der Waals surface area contributed by atoms with Crippen LogP contribution in [0.3, 0.4) is 0 Å².